The molecule has 121 heavy (non-hydrogen) atoms. The molecule has 14 atom stereocenters. The van der Waals surface area contributed by atoms with Crippen molar-refractivity contribution in [2.24, 2.45) is 0 Å². The molecular formula is C96H179N2O22P. The molecule has 0 aromatic heterocycles. The van der Waals surface area contributed by atoms with E-state index in [1.807, 2.05) is 0 Å². The van der Waals surface area contributed by atoms with Crippen LogP contribution in [0.3, 0.4) is 0 Å². The van der Waals surface area contributed by atoms with Crippen LogP contribution >= 0.6 is 7.82 Å². The fourth-order valence-electron chi connectivity index (χ4n) is 16.4. The molecule has 710 valence electrons. The number of rotatable bonds is 83. The van der Waals surface area contributed by atoms with Crippen LogP contribution in [-0.2, 0) is 71.0 Å². The highest BCUT2D eigenvalue weighted by atomic mass is 31.2. The highest BCUT2D eigenvalue weighted by Crippen LogP contribution is 2.42. The number of unbranched alkanes of at least 4 members (excludes halogenated alkanes) is 49. The number of allylic oxidation sites excluding steroid dienone is 2. The lowest BCUT2D eigenvalue weighted by Gasteiger charge is -2.46. The van der Waals surface area contributed by atoms with Crippen LogP contribution in [-0.4, -0.2) is 170 Å². The summed E-state index contributed by atoms with van der Waals surface area (Å²) in [5.74, 6) is -4.54. The number of nitrogens with one attached hydrogen (secondary N) is 2. The first-order valence-electron chi connectivity index (χ1n) is 49.6. The molecule has 0 aromatic rings. The minimum Gasteiger partial charge on any atom is -0.462 e. The Morgan fingerprint density at radius 3 is 1.04 bits per heavy atom. The third-order valence-electron chi connectivity index (χ3n) is 23.8. The zero-order valence-corrected chi connectivity index (χ0v) is 77.9. The number of esters is 4. The molecule has 9 unspecified atom stereocenters. The van der Waals surface area contributed by atoms with Crippen LogP contribution in [0.1, 0.15) is 465 Å². The van der Waals surface area contributed by atoms with Gasteiger partial charge in [-0.2, -0.15) is 0 Å². The average Bonchev–Trinajstić information content (AvgIpc) is 0.785. The lowest BCUT2D eigenvalue weighted by molar-refractivity contribution is -0.298. The van der Waals surface area contributed by atoms with Crippen LogP contribution in [0.5, 0.6) is 0 Å². The number of phosphoric acid groups is 1. The SMILES string of the molecule is CCCCCC/C=C\CCCCCCCC(=O)OC(CCCCCCCCCCC)CC(=O)NC1[C@H](OCC2OC(OP(=O)(O)O)C(NC(=O)CC(O)CCCCCCCCCCC)[C@@H](OC(=O)CC(O)CCCCCCCCCCC)[C@@H]2O)OC(CO)[C@@H](O)[C@@H]1OC(=O)CC(CCCCCCCCCCC)OC(=O)CCCCCCCCCCC. The summed E-state index contributed by atoms with van der Waals surface area (Å²) in [6.45, 7) is 11.3. The second-order valence-corrected chi connectivity index (χ2v) is 36.5. The summed E-state index contributed by atoms with van der Waals surface area (Å²) in [5.41, 5.74) is 0. The molecule has 0 saturated carbocycles. The number of carbonyl (C=O) groups is 6. The van der Waals surface area contributed by atoms with Gasteiger partial charge in [0.05, 0.1) is 51.1 Å². The summed E-state index contributed by atoms with van der Waals surface area (Å²) in [6, 6.07) is -3.56. The van der Waals surface area contributed by atoms with Crippen molar-refractivity contribution in [3.05, 3.63) is 12.2 Å². The molecule has 2 amide bonds. The maximum absolute atomic E-state index is 15.0. The highest BCUT2D eigenvalue weighted by Gasteiger charge is 2.53. The molecule has 0 radical (unpaired) electrons. The smallest absolute Gasteiger partial charge is 0.462 e. The third-order valence-corrected chi connectivity index (χ3v) is 24.3. The molecule has 0 bridgehead atoms. The first kappa shape index (κ1) is 113. The fraction of sp³-hybridized carbons (Fsp3) is 0.917. The molecule has 0 aromatic carbocycles. The van der Waals surface area contributed by atoms with Crippen LogP contribution in [0.25, 0.3) is 0 Å². The number of hydrogen-bond donors (Lipinski definition) is 9. The van der Waals surface area contributed by atoms with E-state index < -0.39 is 168 Å². The Kier molecular flexibility index (Phi) is 71.6. The standard InChI is InChI=1S/C96H179N2O22P/c1-7-13-19-25-31-37-38-39-40-46-52-58-63-69-85(104)114-79(67-61-55-49-43-34-28-22-16-10-4)73-84(103)98-89-93(119-88(107)74-80(68-62-56-50-44-35-29-23-17-11-5)115-86(105)70-64-57-51-45-36-30-24-18-12-6)91(108)81(75-99)116-95(89)113-76-82-92(109)94(118-87(106)72-78(101)66-60-54-48-42-33-27-21-15-9-3)90(96(117-82)120-121(110,111)112)97-83(102)71-77(100)65-59-53-47-41-32-26-20-14-8-2/h37-38,77-82,89-96,99-101,108-109H,7-36,39-76H2,1-6H3,(H,97,102)(H,98,103)(H2,110,111,112)/b38-37-/t77?,78?,79?,80?,81?,82?,89?,90?,91-,92-,93-,94-,95-,96?/m1/s1. The predicted molar refractivity (Wildman–Crippen MR) is 479 cm³/mol. The van der Waals surface area contributed by atoms with E-state index in [-0.39, 0.29) is 25.7 Å². The Labute approximate surface area is 733 Å². The molecule has 0 spiro atoms. The van der Waals surface area contributed by atoms with Crippen molar-refractivity contribution >= 4 is 43.5 Å². The van der Waals surface area contributed by atoms with Crippen molar-refractivity contribution in [3.63, 3.8) is 0 Å². The Hall–Kier alpha value is -3.65. The second kappa shape index (κ2) is 76.4. The highest BCUT2D eigenvalue weighted by molar-refractivity contribution is 7.46. The van der Waals surface area contributed by atoms with Gasteiger partial charge in [0, 0.05) is 12.8 Å². The van der Waals surface area contributed by atoms with E-state index in [0.717, 1.165) is 218 Å². The lowest BCUT2D eigenvalue weighted by atomic mass is 9.95. The van der Waals surface area contributed by atoms with Crippen molar-refractivity contribution in [3.8, 4) is 0 Å². The van der Waals surface area contributed by atoms with E-state index >= 15 is 4.79 Å². The number of carbonyl (C=O) groups excluding carboxylic acids is 6. The van der Waals surface area contributed by atoms with Gasteiger partial charge >= 0.3 is 31.7 Å². The van der Waals surface area contributed by atoms with Crippen molar-refractivity contribution < 1.29 is 106 Å². The first-order chi connectivity index (χ1) is 58.6. The normalized spacial score (nSPS) is 20.4. The minimum absolute atomic E-state index is 0.133. The Morgan fingerprint density at radius 1 is 0.364 bits per heavy atom. The topological polar surface area (TPSA) is 359 Å². The average molecular weight is 1740 g/mol. The van der Waals surface area contributed by atoms with Crippen molar-refractivity contribution in [2.45, 2.75) is 551 Å². The monoisotopic (exact) mass is 1740 g/mol. The molecule has 0 aliphatic carbocycles. The van der Waals surface area contributed by atoms with Gasteiger partial charge in [-0.3, -0.25) is 33.3 Å². The lowest BCUT2D eigenvalue weighted by Crippen LogP contribution is -2.67. The van der Waals surface area contributed by atoms with Gasteiger partial charge < -0.3 is 79.1 Å². The van der Waals surface area contributed by atoms with Gasteiger partial charge in [0.2, 0.25) is 11.8 Å². The van der Waals surface area contributed by atoms with E-state index in [1.165, 1.54) is 103 Å². The molecule has 2 fully saturated rings. The number of hydrogen-bond acceptors (Lipinski definition) is 20. The number of aliphatic hydroxyl groups is 5. The number of phosphoric ester groups is 1. The van der Waals surface area contributed by atoms with E-state index in [4.69, 9.17) is 37.7 Å². The van der Waals surface area contributed by atoms with Crippen LogP contribution < -0.4 is 10.6 Å². The molecule has 2 heterocycles. The minimum atomic E-state index is -5.62. The van der Waals surface area contributed by atoms with Gasteiger partial charge in [-0.25, -0.2) is 4.57 Å². The summed E-state index contributed by atoms with van der Waals surface area (Å²) in [4.78, 5) is 107. The van der Waals surface area contributed by atoms with E-state index in [9.17, 15) is 63.9 Å². The quantitative estimate of drug-likeness (QED) is 0.00898. The summed E-state index contributed by atoms with van der Waals surface area (Å²) < 4.78 is 61.5. The van der Waals surface area contributed by atoms with Gasteiger partial charge in [0.15, 0.2) is 24.8 Å². The third kappa shape index (κ3) is 60.7. The van der Waals surface area contributed by atoms with Crippen LogP contribution in [0.4, 0.5) is 0 Å². The van der Waals surface area contributed by atoms with Crippen LogP contribution in [0.2, 0.25) is 0 Å². The van der Waals surface area contributed by atoms with Crippen LogP contribution in [0.15, 0.2) is 12.2 Å². The van der Waals surface area contributed by atoms with Gasteiger partial charge in [0.1, 0.15) is 48.7 Å². The van der Waals surface area contributed by atoms with Crippen LogP contribution in [0, 0.1) is 0 Å². The Balaban J connectivity index is 2.72. The van der Waals surface area contributed by atoms with E-state index in [2.05, 4.69) is 64.3 Å². The first-order valence-corrected chi connectivity index (χ1v) is 51.2. The zero-order chi connectivity index (χ0) is 88.6. The fourth-order valence-corrected chi connectivity index (χ4v) is 16.8. The maximum atomic E-state index is 15.0. The molecule has 2 rings (SSSR count). The van der Waals surface area contributed by atoms with E-state index in [1.54, 1.807) is 0 Å². The number of aliphatic hydroxyl groups excluding tert-OH is 5. The molecule has 24 nitrogen and oxygen atoms in total. The second-order valence-electron chi connectivity index (χ2n) is 35.3. The predicted octanol–water partition coefficient (Wildman–Crippen LogP) is 21.0. The zero-order valence-electron chi connectivity index (χ0n) is 77.0. The molecule has 2 aliphatic rings. The summed E-state index contributed by atoms with van der Waals surface area (Å²) in [5, 5.41) is 63.6. The summed E-state index contributed by atoms with van der Waals surface area (Å²) in [7, 11) is -5.62. The molecule has 2 aliphatic heterocycles. The molecule has 2 saturated heterocycles. The van der Waals surface area contributed by atoms with Gasteiger partial charge in [-0.05, 0) is 77.0 Å². The van der Waals surface area contributed by atoms with Crippen molar-refractivity contribution in [1.29, 1.82) is 0 Å². The molecular weight excluding hydrogens is 1560 g/mol. The van der Waals surface area contributed by atoms with Gasteiger partial charge in [-0.15, -0.1) is 0 Å². The number of ether oxygens (including phenoxy) is 7. The van der Waals surface area contributed by atoms with E-state index in [0.29, 0.717) is 51.4 Å². The van der Waals surface area contributed by atoms with Gasteiger partial charge in [0.25, 0.3) is 0 Å². The summed E-state index contributed by atoms with van der Waals surface area (Å²) >= 11 is 0. The van der Waals surface area contributed by atoms with Crippen molar-refractivity contribution in [2.75, 3.05) is 13.2 Å². The molecule has 9 N–H and O–H groups in total. The number of amides is 2. The molecule has 25 heteroatoms. The summed E-state index contributed by atoms with van der Waals surface area (Å²) in [6.07, 6.45) is 42.2. The Bertz CT molecular complexity index is 2600. The van der Waals surface area contributed by atoms with Crippen molar-refractivity contribution in [1.82, 2.24) is 10.6 Å². The maximum Gasteiger partial charge on any atom is 0.472 e. The van der Waals surface area contributed by atoms with Gasteiger partial charge in [-0.1, -0.05) is 362 Å². The Morgan fingerprint density at radius 2 is 0.661 bits per heavy atom. The largest absolute Gasteiger partial charge is 0.472 e.